The number of nitrogens with zero attached hydrogens (tertiary/aromatic N) is 1. The van der Waals surface area contributed by atoms with Crippen LogP contribution in [0.1, 0.15) is 11.1 Å². The van der Waals surface area contributed by atoms with Crippen molar-refractivity contribution in [1.29, 1.82) is 0 Å². The standard InChI is InChI=1S/C16H15F3N2O2/c1-22-13-7-8-14(15(9-13)23-2)21-20-10-11-3-5-12(6-4-11)16(17,18)19/h3-10,21H,1-2H3/b20-10+. The molecule has 0 saturated carbocycles. The molecule has 0 spiro atoms. The van der Waals surface area contributed by atoms with Crippen LogP contribution >= 0.6 is 0 Å². The first-order chi connectivity index (χ1) is 10.9. The van der Waals surface area contributed by atoms with E-state index in [-0.39, 0.29) is 0 Å². The Bertz CT molecular complexity index is 683. The van der Waals surface area contributed by atoms with Gasteiger partial charge < -0.3 is 9.47 Å². The number of ether oxygens (including phenoxy) is 2. The van der Waals surface area contributed by atoms with Gasteiger partial charge in [-0.05, 0) is 29.8 Å². The minimum absolute atomic E-state index is 0.536. The fourth-order valence-electron chi connectivity index (χ4n) is 1.83. The fourth-order valence-corrected chi connectivity index (χ4v) is 1.83. The van der Waals surface area contributed by atoms with Crippen molar-refractivity contribution in [2.75, 3.05) is 19.6 Å². The molecule has 0 aromatic heterocycles. The highest BCUT2D eigenvalue weighted by Crippen LogP contribution is 2.30. The normalized spacial score (nSPS) is 11.5. The molecule has 2 aromatic rings. The van der Waals surface area contributed by atoms with Gasteiger partial charge in [0.05, 0.1) is 31.7 Å². The molecule has 2 rings (SSSR count). The number of halogens is 3. The lowest BCUT2D eigenvalue weighted by atomic mass is 10.1. The summed E-state index contributed by atoms with van der Waals surface area (Å²) in [6.45, 7) is 0. The molecular formula is C16H15F3N2O2. The van der Waals surface area contributed by atoms with Crippen molar-refractivity contribution in [3.8, 4) is 11.5 Å². The molecule has 0 heterocycles. The number of anilines is 1. The minimum atomic E-state index is -4.34. The van der Waals surface area contributed by atoms with Crippen LogP contribution < -0.4 is 14.9 Å². The number of hydrogen-bond acceptors (Lipinski definition) is 4. The molecule has 0 bridgehead atoms. The van der Waals surface area contributed by atoms with E-state index in [1.807, 2.05) is 0 Å². The largest absolute Gasteiger partial charge is 0.497 e. The van der Waals surface area contributed by atoms with E-state index in [9.17, 15) is 13.2 Å². The van der Waals surface area contributed by atoms with Crippen molar-refractivity contribution >= 4 is 11.9 Å². The van der Waals surface area contributed by atoms with Crippen molar-refractivity contribution in [2.24, 2.45) is 5.10 Å². The summed E-state index contributed by atoms with van der Waals surface area (Å²) in [6, 6.07) is 9.86. The van der Waals surface area contributed by atoms with E-state index in [1.165, 1.54) is 25.5 Å². The van der Waals surface area contributed by atoms with Gasteiger partial charge in [-0.2, -0.15) is 18.3 Å². The second kappa shape index (κ2) is 7.04. The summed E-state index contributed by atoms with van der Waals surface area (Å²) >= 11 is 0. The maximum Gasteiger partial charge on any atom is 0.416 e. The highest BCUT2D eigenvalue weighted by atomic mass is 19.4. The smallest absolute Gasteiger partial charge is 0.416 e. The van der Waals surface area contributed by atoms with Crippen LogP contribution in [0.2, 0.25) is 0 Å². The summed E-state index contributed by atoms with van der Waals surface area (Å²) in [5.74, 6) is 1.17. The molecular weight excluding hydrogens is 309 g/mol. The van der Waals surface area contributed by atoms with Crippen LogP contribution in [0.25, 0.3) is 0 Å². The monoisotopic (exact) mass is 324 g/mol. The molecule has 23 heavy (non-hydrogen) atoms. The first kappa shape index (κ1) is 16.7. The van der Waals surface area contributed by atoms with E-state index >= 15 is 0 Å². The molecule has 2 aromatic carbocycles. The Morgan fingerprint density at radius 2 is 1.70 bits per heavy atom. The molecule has 0 atom stereocenters. The van der Waals surface area contributed by atoms with Crippen molar-refractivity contribution in [3.63, 3.8) is 0 Å². The molecule has 0 radical (unpaired) electrons. The van der Waals surface area contributed by atoms with Gasteiger partial charge in [-0.15, -0.1) is 0 Å². The molecule has 4 nitrogen and oxygen atoms in total. The lowest BCUT2D eigenvalue weighted by molar-refractivity contribution is -0.137. The van der Waals surface area contributed by atoms with Crippen LogP contribution in [-0.4, -0.2) is 20.4 Å². The van der Waals surface area contributed by atoms with Gasteiger partial charge in [-0.1, -0.05) is 12.1 Å². The number of alkyl halides is 3. The number of nitrogens with one attached hydrogen (secondary N) is 1. The van der Waals surface area contributed by atoms with Gasteiger partial charge in [-0.3, -0.25) is 5.43 Å². The van der Waals surface area contributed by atoms with Gasteiger partial charge in [0.25, 0.3) is 0 Å². The molecule has 0 aliphatic rings. The van der Waals surface area contributed by atoms with Crippen molar-refractivity contribution in [2.45, 2.75) is 6.18 Å². The highest BCUT2D eigenvalue weighted by Gasteiger charge is 2.29. The first-order valence-electron chi connectivity index (χ1n) is 6.62. The molecule has 7 heteroatoms. The van der Waals surface area contributed by atoms with E-state index in [0.717, 1.165) is 12.1 Å². The van der Waals surface area contributed by atoms with Crippen LogP contribution in [0.15, 0.2) is 47.6 Å². The summed E-state index contributed by atoms with van der Waals surface area (Å²) < 4.78 is 47.7. The first-order valence-corrected chi connectivity index (χ1v) is 6.62. The Kier molecular flexibility index (Phi) is 5.10. The van der Waals surface area contributed by atoms with Gasteiger partial charge in [0.2, 0.25) is 0 Å². The second-order valence-electron chi connectivity index (χ2n) is 4.56. The Hall–Kier alpha value is -2.70. The van der Waals surface area contributed by atoms with Crippen LogP contribution in [0.4, 0.5) is 18.9 Å². The number of benzene rings is 2. The van der Waals surface area contributed by atoms with Gasteiger partial charge in [0.15, 0.2) is 0 Å². The molecule has 1 N–H and O–H groups in total. The molecule has 0 amide bonds. The van der Waals surface area contributed by atoms with Crippen molar-refractivity contribution < 1.29 is 22.6 Å². The predicted molar refractivity (Wildman–Crippen MR) is 82.2 cm³/mol. The van der Waals surface area contributed by atoms with E-state index in [0.29, 0.717) is 22.7 Å². The van der Waals surface area contributed by atoms with Crippen LogP contribution in [0, 0.1) is 0 Å². The Labute approximate surface area is 131 Å². The quantitative estimate of drug-likeness (QED) is 0.663. The SMILES string of the molecule is COc1ccc(N/N=C/c2ccc(C(F)(F)F)cc2)c(OC)c1. The van der Waals surface area contributed by atoms with Crippen molar-refractivity contribution in [3.05, 3.63) is 53.6 Å². The number of rotatable bonds is 5. The van der Waals surface area contributed by atoms with Gasteiger partial charge in [-0.25, -0.2) is 0 Å². The van der Waals surface area contributed by atoms with E-state index in [4.69, 9.17) is 9.47 Å². The molecule has 0 saturated heterocycles. The molecule has 0 unspecified atom stereocenters. The Morgan fingerprint density at radius 3 is 2.26 bits per heavy atom. The predicted octanol–water partition coefficient (Wildman–Crippen LogP) is 4.17. The van der Waals surface area contributed by atoms with Crippen molar-refractivity contribution in [1.82, 2.24) is 0 Å². The van der Waals surface area contributed by atoms with Crippen LogP contribution in [0.5, 0.6) is 11.5 Å². The lowest BCUT2D eigenvalue weighted by Crippen LogP contribution is -2.04. The zero-order chi connectivity index (χ0) is 16.9. The molecule has 0 aliphatic carbocycles. The zero-order valence-electron chi connectivity index (χ0n) is 12.5. The summed E-state index contributed by atoms with van der Waals surface area (Å²) in [5.41, 5.74) is 3.23. The van der Waals surface area contributed by atoms with Gasteiger partial charge in [0, 0.05) is 6.07 Å². The fraction of sp³-hybridized carbons (Fsp3) is 0.188. The summed E-state index contributed by atoms with van der Waals surface area (Å²) in [4.78, 5) is 0. The summed E-state index contributed by atoms with van der Waals surface area (Å²) in [5, 5.41) is 3.99. The number of methoxy groups -OCH3 is 2. The minimum Gasteiger partial charge on any atom is -0.497 e. The van der Waals surface area contributed by atoms with Crippen LogP contribution in [0.3, 0.4) is 0 Å². The lowest BCUT2D eigenvalue weighted by Gasteiger charge is -2.09. The Morgan fingerprint density at radius 1 is 1.00 bits per heavy atom. The van der Waals surface area contributed by atoms with E-state index in [2.05, 4.69) is 10.5 Å². The molecule has 0 fully saturated rings. The summed E-state index contributed by atoms with van der Waals surface area (Å²) in [7, 11) is 3.06. The highest BCUT2D eigenvalue weighted by molar-refractivity contribution is 5.80. The van der Waals surface area contributed by atoms with Crippen LogP contribution in [-0.2, 0) is 6.18 Å². The van der Waals surface area contributed by atoms with Gasteiger partial charge in [0.1, 0.15) is 11.5 Å². The van der Waals surface area contributed by atoms with E-state index < -0.39 is 11.7 Å². The third-order valence-electron chi connectivity index (χ3n) is 3.05. The third-order valence-corrected chi connectivity index (χ3v) is 3.05. The second-order valence-corrected chi connectivity index (χ2v) is 4.56. The molecule has 0 aliphatic heterocycles. The summed E-state index contributed by atoms with van der Waals surface area (Å²) in [6.07, 6.45) is -2.92. The maximum atomic E-state index is 12.5. The number of hydrazone groups is 1. The number of hydrogen-bond donors (Lipinski definition) is 1. The molecule has 122 valence electrons. The third kappa shape index (κ3) is 4.38. The average Bonchev–Trinajstić information content (AvgIpc) is 2.54. The topological polar surface area (TPSA) is 42.8 Å². The van der Waals surface area contributed by atoms with Gasteiger partial charge >= 0.3 is 6.18 Å². The average molecular weight is 324 g/mol. The maximum absolute atomic E-state index is 12.5. The zero-order valence-corrected chi connectivity index (χ0v) is 12.5. The Balaban J connectivity index is 2.07. The van der Waals surface area contributed by atoms with E-state index in [1.54, 1.807) is 25.3 Å².